The second kappa shape index (κ2) is 6.17. The highest BCUT2D eigenvalue weighted by Crippen LogP contribution is 2.21. The second-order valence-corrected chi connectivity index (χ2v) is 5.57. The largest absolute Gasteiger partial charge is 0.398 e. The van der Waals surface area contributed by atoms with E-state index in [9.17, 15) is 4.79 Å². The molecule has 1 amide bonds. The number of para-hydroxylation sites is 1. The molecular formula is C12H17ClN2OS. The zero-order chi connectivity index (χ0) is 11.5. The number of carbonyl (C=O) groups excluding carboxylic acids is 1. The first-order valence-corrected chi connectivity index (χ1v) is 6.48. The number of rotatable bonds is 1. The molecule has 1 aliphatic rings. The Labute approximate surface area is 112 Å². The van der Waals surface area contributed by atoms with Crippen LogP contribution in [0.4, 0.5) is 5.69 Å². The van der Waals surface area contributed by atoms with Gasteiger partial charge in [0, 0.05) is 29.8 Å². The molecule has 1 unspecified atom stereocenters. The lowest BCUT2D eigenvalue weighted by atomic mass is 10.1. The van der Waals surface area contributed by atoms with Gasteiger partial charge in [0.25, 0.3) is 5.91 Å². The number of hydrogen-bond acceptors (Lipinski definition) is 3. The minimum atomic E-state index is 0. The summed E-state index contributed by atoms with van der Waals surface area (Å²) in [6.07, 6.45) is 0. The van der Waals surface area contributed by atoms with E-state index in [2.05, 4.69) is 6.92 Å². The number of hydrogen-bond donors (Lipinski definition) is 1. The lowest BCUT2D eigenvalue weighted by Gasteiger charge is -2.30. The van der Waals surface area contributed by atoms with E-state index in [1.807, 2.05) is 28.8 Å². The van der Waals surface area contributed by atoms with Gasteiger partial charge in [-0.15, -0.1) is 12.4 Å². The SMILES string of the molecule is CC1CN(C(=O)c2ccccc2N)CCS1.Cl. The van der Waals surface area contributed by atoms with Crippen molar-refractivity contribution in [3.05, 3.63) is 29.8 Å². The van der Waals surface area contributed by atoms with Crippen LogP contribution in [0.25, 0.3) is 0 Å². The van der Waals surface area contributed by atoms with Crippen molar-refractivity contribution in [1.82, 2.24) is 4.90 Å². The van der Waals surface area contributed by atoms with E-state index in [4.69, 9.17) is 5.73 Å². The molecule has 0 spiro atoms. The normalized spacial score (nSPS) is 19.6. The van der Waals surface area contributed by atoms with Gasteiger partial charge in [-0.3, -0.25) is 4.79 Å². The zero-order valence-electron chi connectivity index (χ0n) is 9.76. The molecule has 1 fully saturated rings. The van der Waals surface area contributed by atoms with Gasteiger partial charge in [0.15, 0.2) is 0 Å². The Morgan fingerprint density at radius 2 is 2.18 bits per heavy atom. The first-order valence-electron chi connectivity index (χ1n) is 5.44. The molecule has 0 radical (unpaired) electrons. The molecule has 1 aromatic carbocycles. The summed E-state index contributed by atoms with van der Waals surface area (Å²) in [6, 6.07) is 7.27. The van der Waals surface area contributed by atoms with E-state index in [1.165, 1.54) is 0 Å². The number of carbonyl (C=O) groups is 1. The van der Waals surface area contributed by atoms with Crippen molar-refractivity contribution in [2.45, 2.75) is 12.2 Å². The molecule has 17 heavy (non-hydrogen) atoms. The number of thioether (sulfide) groups is 1. The Morgan fingerprint density at radius 1 is 1.47 bits per heavy atom. The van der Waals surface area contributed by atoms with E-state index in [1.54, 1.807) is 12.1 Å². The van der Waals surface area contributed by atoms with Crippen LogP contribution in [0.2, 0.25) is 0 Å². The molecule has 94 valence electrons. The lowest BCUT2D eigenvalue weighted by molar-refractivity contribution is 0.0764. The minimum absolute atomic E-state index is 0. The summed E-state index contributed by atoms with van der Waals surface area (Å²) in [4.78, 5) is 14.1. The van der Waals surface area contributed by atoms with Crippen LogP contribution in [0.3, 0.4) is 0 Å². The Kier molecular flexibility index (Phi) is 5.15. The van der Waals surface area contributed by atoms with Crippen molar-refractivity contribution in [2.24, 2.45) is 0 Å². The van der Waals surface area contributed by atoms with Gasteiger partial charge in [-0.1, -0.05) is 19.1 Å². The van der Waals surface area contributed by atoms with Crippen LogP contribution < -0.4 is 5.73 Å². The quantitative estimate of drug-likeness (QED) is 0.798. The maximum absolute atomic E-state index is 12.2. The molecule has 3 nitrogen and oxygen atoms in total. The van der Waals surface area contributed by atoms with Gasteiger partial charge in [0.05, 0.1) is 5.56 Å². The van der Waals surface area contributed by atoms with Gasteiger partial charge in [0.2, 0.25) is 0 Å². The van der Waals surface area contributed by atoms with Crippen molar-refractivity contribution in [1.29, 1.82) is 0 Å². The fourth-order valence-electron chi connectivity index (χ4n) is 1.87. The van der Waals surface area contributed by atoms with Crippen LogP contribution >= 0.6 is 24.2 Å². The Balaban J connectivity index is 0.00000144. The van der Waals surface area contributed by atoms with Crippen LogP contribution in [0, 0.1) is 0 Å². The number of halogens is 1. The summed E-state index contributed by atoms with van der Waals surface area (Å²) in [7, 11) is 0. The fraction of sp³-hybridized carbons (Fsp3) is 0.417. The van der Waals surface area contributed by atoms with Crippen LogP contribution in [-0.4, -0.2) is 34.9 Å². The first-order chi connectivity index (χ1) is 7.68. The molecule has 2 rings (SSSR count). The molecule has 2 N–H and O–H groups in total. The Hall–Kier alpha value is -0.870. The molecule has 1 aliphatic heterocycles. The molecule has 5 heteroatoms. The predicted octanol–water partition coefficient (Wildman–Crippen LogP) is 2.27. The third-order valence-electron chi connectivity index (χ3n) is 2.72. The summed E-state index contributed by atoms with van der Waals surface area (Å²) < 4.78 is 0. The number of nitrogens with two attached hydrogens (primary N) is 1. The average molecular weight is 273 g/mol. The summed E-state index contributed by atoms with van der Waals surface area (Å²) in [5.41, 5.74) is 7.00. The van der Waals surface area contributed by atoms with Crippen molar-refractivity contribution < 1.29 is 4.79 Å². The van der Waals surface area contributed by atoms with Gasteiger partial charge < -0.3 is 10.6 Å². The highest BCUT2D eigenvalue weighted by atomic mass is 35.5. The van der Waals surface area contributed by atoms with Gasteiger partial charge in [-0.2, -0.15) is 11.8 Å². The van der Waals surface area contributed by atoms with E-state index < -0.39 is 0 Å². The molecule has 0 aliphatic carbocycles. The Morgan fingerprint density at radius 3 is 2.82 bits per heavy atom. The van der Waals surface area contributed by atoms with Gasteiger partial charge in [-0.05, 0) is 12.1 Å². The smallest absolute Gasteiger partial charge is 0.256 e. The van der Waals surface area contributed by atoms with Crippen molar-refractivity contribution in [3.63, 3.8) is 0 Å². The van der Waals surface area contributed by atoms with Crippen LogP contribution in [0.1, 0.15) is 17.3 Å². The van der Waals surface area contributed by atoms with Gasteiger partial charge in [-0.25, -0.2) is 0 Å². The molecule has 1 saturated heterocycles. The predicted molar refractivity (Wildman–Crippen MR) is 75.9 cm³/mol. The number of nitrogen functional groups attached to an aromatic ring is 1. The summed E-state index contributed by atoms with van der Waals surface area (Å²) in [5, 5.41) is 0.516. The third-order valence-corrected chi connectivity index (χ3v) is 3.86. The van der Waals surface area contributed by atoms with Crippen molar-refractivity contribution >= 4 is 35.8 Å². The van der Waals surface area contributed by atoms with Gasteiger partial charge in [0.1, 0.15) is 0 Å². The van der Waals surface area contributed by atoms with E-state index in [0.717, 1.165) is 18.8 Å². The minimum Gasteiger partial charge on any atom is -0.398 e. The first kappa shape index (κ1) is 14.2. The topological polar surface area (TPSA) is 46.3 Å². The maximum atomic E-state index is 12.2. The maximum Gasteiger partial charge on any atom is 0.256 e. The van der Waals surface area contributed by atoms with Gasteiger partial charge >= 0.3 is 0 Å². The standard InChI is InChI=1S/C12H16N2OS.ClH/c1-9-8-14(6-7-16-9)12(15)10-4-2-3-5-11(10)13;/h2-5,9H,6-8,13H2,1H3;1H. The number of benzene rings is 1. The highest BCUT2D eigenvalue weighted by Gasteiger charge is 2.23. The molecule has 1 heterocycles. The van der Waals surface area contributed by atoms with Crippen LogP contribution in [0.5, 0.6) is 0 Å². The third kappa shape index (κ3) is 3.30. The van der Waals surface area contributed by atoms with Crippen LogP contribution in [0.15, 0.2) is 24.3 Å². The van der Waals surface area contributed by atoms with Crippen LogP contribution in [-0.2, 0) is 0 Å². The molecular weight excluding hydrogens is 256 g/mol. The summed E-state index contributed by atoms with van der Waals surface area (Å²) >= 11 is 1.91. The Bertz CT molecular complexity index is 400. The zero-order valence-corrected chi connectivity index (χ0v) is 11.4. The van der Waals surface area contributed by atoms with E-state index in [-0.39, 0.29) is 18.3 Å². The second-order valence-electron chi connectivity index (χ2n) is 4.02. The molecule has 0 aromatic heterocycles. The number of amides is 1. The van der Waals surface area contributed by atoms with E-state index in [0.29, 0.717) is 16.5 Å². The average Bonchev–Trinajstić information content (AvgIpc) is 2.29. The fourth-order valence-corrected chi connectivity index (χ4v) is 2.88. The van der Waals surface area contributed by atoms with E-state index >= 15 is 0 Å². The van der Waals surface area contributed by atoms with Crippen molar-refractivity contribution in [3.8, 4) is 0 Å². The summed E-state index contributed by atoms with van der Waals surface area (Å²) in [5.74, 6) is 1.07. The number of anilines is 1. The monoisotopic (exact) mass is 272 g/mol. The van der Waals surface area contributed by atoms with Crippen molar-refractivity contribution in [2.75, 3.05) is 24.6 Å². The molecule has 1 atom stereocenters. The molecule has 0 bridgehead atoms. The molecule has 1 aromatic rings. The lowest BCUT2D eigenvalue weighted by Crippen LogP contribution is -2.41. The summed E-state index contributed by atoms with van der Waals surface area (Å²) in [6.45, 7) is 3.79. The molecule has 0 saturated carbocycles. The highest BCUT2D eigenvalue weighted by molar-refractivity contribution is 7.99. The number of nitrogens with zero attached hydrogens (tertiary/aromatic N) is 1.